The van der Waals surface area contributed by atoms with E-state index in [0.717, 1.165) is 4.70 Å². The number of carbonyl (C=O) groups excluding carboxylic acids is 1. The zero-order chi connectivity index (χ0) is 22.7. The number of nitro benzene ring substituents is 1. The third-order valence-corrected chi connectivity index (χ3v) is 5.68. The first kappa shape index (κ1) is 21.4. The molecule has 0 N–H and O–H groups in total. The van der Waals surface area contributed by atoms with Gasteiger partial charge in [0.1, 0.15) is 5.75 Å². The number of halogens is 1. The number of hydrogen-bond donors (Lipinski definition) is 0. The molecule has 1 heterocycles. The molecule has 1 amide bonds. The zero-order valence-electron chi connectivity index (χ0n) is 16.6. The van der Waals surface area contributed by atoms with E-state index >= 15 is 0 Å². The Labute approximate surface area is 191 Å². The lowest BCUT2D eigenvalue weighted by Crippen LogP contribution is -2.25. The Morgan fingerprint density at radius 2 is 1.97 bits per heavy atom. The highest BCUT2D eigenvalue weighted by Gasteiger charge is 2.21. The molecule has 0 fully saturated rings. The lowest BCUT2D eigenvalue weighted by molar-refractivity contribution is -0.384. The maximum atomic E-state index is 13.3. The van der Waals surface area contributed by atoms with Crippen LogP contribution in [0.15, 0.2) is 71.8 Å². The molecule has 0 unspecified atom stereocenters. The van der Waals surface area contributed by atoms with Gasteiger partial charge in [-0.25, -0.2) is 4.98 Å². The van der Waals surface area contributed by atoms with Crippen LogP contribution in [0.5, 0.6) is 5.75 Å². The molecule has 10 heteroatoms. The summed E-state index contributed by atoms with van der Waals surface area (Å²) in [5, 5.41) is 17.2. The summed E-state index contributed by atoms with van der Waals surface area (Å²) in [6, 6.07) is 17.8. The van der Waals surface area contributed by atoms with Crippen LogP contribution in [0.25, 0.3) is 10.2 Å². The number of hydrazone groups is 1. The Bertz CT molecular complexity index is 1340. The Morgan fingerprint density at radius 1 is 1.19 bits per heavy atom. The molecule has 0 bridgehead atoms. The standard InChI is InChI=1S/C22H15ClN4O4S/c1-31-18-9-10-19-20(12-18)32-22(25-19)26(21(28)15-3-2-4-16(23)11-15)24-13-14-5-7-17(8-6-14)27(29)30/h2-13H,1H3/b24-13+. The number of nitrogens with zero attached hydrogens (tertiary/aromatic N) is 4. The van der Waals surface area contributed by atoms with Crippen LogP contribution in [-0.2, 0) is 0 Å². The van der Waals surface area contributed by atoms with E-state index in [1.54, 1.807) is 55.6 Å². The van der Waals surface area contributed by atoms with Gasteiger partial charge in [-0.3, -0.25) is 14.9 Å². The number of nitro groups is 1. The molecule has 8 nitrogen and oxygen atoms in total. The first-order valence-electron chi connectivity index (χ1n) is 9.27. The summed E-state index contributed by atoms with van der Waals surface area (Å²) in [5.74, 6) is 0.256. The van der Waals surface area contributed by atoms with E-state index in [9.17, 15) is 14.9 Å². The number of methoxy groups -OCH3 is 1. The van der Waals surface area contributed by atoms with Gasteiger partial charge in [0.2, 0.25) is 5.13 Å². The van der Waals surface area contributed by atoms with Crippen molar-refractivity contribution >= 4 is 56.1 Å². The summed E-state index contributed by atoms with van der Waals surface area (Å²) in [7, 11) is 1.58. The Balaban J connectivity index is 1.74. The van der Waals surface area contributed by atoms with E-state index in [-0.39, 0.29) is 5.69 Å². The smallest absolute Gasteiger partial charge is 0.280 e. The van der Waals surface area contributed by atoms with E-state index in [2.05, 4.69) is 10.1 Å². The van der Waals surface area contributed by atoms with Gasteiger partial charge in [0, 0.05) is 22.7 Å². The number of fused-ring (bicyclic) bond motifs is 1. The summed E-state index contributed by atoms with van der Waals surface area (Å²) >= 11 is 7.34. The predicted molar refractivity (Wildman–Crippen MR) is 125 cm³/mol. The zero-order valence-corrected chi connectivity index (χ0v) is 18.2. The van der Waals surface area contributed by atoms with Crippen LogP contribution in [0.2, 0.25) is 5.02 Å². The van der Waals surface area contributed by atoms with Gasteiger partial charge in [0.15, 0.2) is 0 Å². The molecule has 0 atom stereocenters. The summed E-state index contributed by atoms with van der Waals surface area (Å²) in [5.41, 5.74) is 1.59. The topological polar surface area (TPSA) is 97.9 Å². The minimum absolute atomic E-state index is 0.0332. The van der Waals surface area contributed by atoms with Crippen molar-refractivity contribution < 1.29 is 14.5 Å². The van der Waals surface area contributed by atoms with Gasteiger partial charge in [-0.15, -0.1) is 0 Å². The van der Waals surface area contributed by atoms with Crippen molar-refractivity contribution in [3.63, 3.8) is 0 Å². The summed E-state index contributed by atoms with van der Waals surface area (Å²) in [4.78, 5) is 28.2. The minimum Gasteiger partial charge on any atom is -0.497 e. The highest BCUT2D eigenvalue weighted by molar-refractivity contribution is 7.22. The van der Waals surface area contributed by atoms with E-state index in [4.69, 9.17) is 16.3 Å². The van der Waals surface area contributed by atoms with Crippen molar-refractivity contribution in [3.8, 4) is 5.75 Å². The Kier molecular flexibility index (Phi) is 6.11. The molecular formula is C22H15ClN4O4S. The lowest BCUT2D eigenvalue weighted by Gasteiger charge is -2.14. The van der Waals surface area contributed by atoms with Gasteiger partial charge >= 0.3 is 0 Å². The molecule has 4 rings (SSSR count). The number of thiazole rings is 1. The number of rotatable bonds is 6. The number of benzene rings is 3. The monoisotopic (exact) mass is 466 g/mol. The van der Waals surface area contributed by atoms with E-state index < -0.39 is 10.8 Å². The molecule has 0 aliphatic carbocycles. The number of anilines is 1. The SMILES string of the molecule is COc1ccc2nc(N(/N=C/c3ccc([N+](=O)[O-])cc3)C(=O)c3cccc(Cl)c3)sc2c1. The van der Waals surface area contributed by atoms with Crippen LogP contribution >= 0.6 is 22.9 Å². The van der Waals surface area contributed by atoms with Gasteiger partial charge < -0.3 is 4.74 Å². The maximum Gasteiger partial charge on any atom is 0.280 e. The highest BCUT2D eigenvalue weighted by atomic mass is 35.5. The highest BCUT2D eigenvalue weighted by Crippen LogP contribution is 2.32. The fourth-order valence-electron chi connectivity index (χ4n) is 2.85. The number of carbonyl (C=O) groups is 1. The van der Waals surface area contributed by atoms with Crippen LogP contribution in [0.4, 0.5) is 10.8 Å². The van der Waals surface area contributed by atoms with Gasteiger partial charge in [-0.05, 0) is 54.1 Å². The van der Waals surface area contributed by atoms with Crippen LogP contribution in [0.3, 0.4) is 0 Å². The second kappa shape index (κ2) is 9.13. The molecule has 0 aliphatic rings. The minimum atomic E-state index is -0.481. The molecule has 0 radical (unpaired) electrons. The van der Waals surface area contributed by atoms with Crippen molar-refractivity contribution in [2.45, 2.75) is 0 Å². The first-order chi connectivity index (χ1) is 15.4. The largest absolute Gasteiger partial charge is 0.497 e. The number of amides is 1. The van der Waals surface area contributed by atoms with Crippen molar-refractivity contribution in [1.29, 1.82) is 0 Å². The number of aromatic nitrogens is 1. The van der Waals surface area contributed by atoms with Crippen molar-refractivity contribution in [2.24, 2.45) is 5.10 Å². The molecule has 0 saturated heterocycles. The molecule has 4 aromatic rings. The lowest BCUT2D eigenvalue weighted by atomic mass is 10.2. The van der Waals surface area contributed by atoms with Crippen LogP contribution in [-0.4, -0.2) is 29.1 Å². The van der Waals surface area contributed by atoms with E-state index in [1.807, 2.05) is 6.07 Å². The number of hydrogen-bond acceptors (Lipinski definition) is 7. The summed E-state index contributed by atoms with van der Waals surface area (Å²) < 4.78 is 6.09. The fourth-order valence-corrected chi connectivity index (χ4v) is 3.99. The van der Waals surface area contributed by atoms with Gasteiger partial charge in [-0.1, -0.05) is 29.0 Å². The third-order valence-electron chi connectivity index (χ3n) is 4.46. The molecule has 32 heavy (non-hydrogen) atoms. The van der Waals surface area contributed by atoms with Crippen LogP contribution in [0, 0.1) is 10.1 Å². The molecular weight excluding hydrogens is 452 g/mol. The molecule has 0 spiro atoms. The molecule has 160 valence electrons. The third kappa shape index (κ3) is 4.58. The molecule has 0 saturated carbocycles. The fraction of sp³-hybridized carbons (Fsp3) is 0.0455. The van der Waals surface area contributed by atoms with Gasteiger partial charge in [-0.2, -0.15) is 10.1 Å². The molecule has 0 aliphatic heterocycles. The summed E-state index contributed by atoms with van der Waals surface area (Å²) in [6.45, 7) is 0. The average molecular weight is 467 g/mol. The van der Waals surface area contributed by atoms with Gasteiger partial charge in [0.05, 0.1) is 28.5 Å². The Morgan fingerprint density at radius 3 is 2.66 bits per heavy atom. The van der Waals surface area contributed by atoms with E-state index in [0.29, 0.717) is 32.5 Å². The van der Waals surface area contributed by atoms with Crippen molar-refractivity contribution in [2.75, 3.05) is 12.1 Å². The van der Waals surface area contributed by atoms with Crippen LogP contribution in [0.1, 0.15) is 15.9 Å². The maximum absolute atomic E-state index is 13.3. The molecule has 1 aromatic heterocycles. The second-order valence-corrected chi connectivity index (χ2v) is 8.00. The average Bonchev–Trinajstić information content (AvgIpc) is 3.22. The van der Waals surface area contributed by atoms with Crippen molar-refractivity contribution in [3.05, 3.63) is 93.0 Å². The normalized spacial score (nSPS) is 11.1. The number of non-ortho nitro benzene ring substituents is 1. The second-order valence-electron chi connectivity index (χ2n) is 6.55. The van der Waals surface area contributed by atoms with Crippen LogP contribution < -0.4 is 9.75 Å². The number of ether oxygens (including phenoxy) is 1. The van der Waals surface area contributed by atoms with Crippen molar-refractivity contribution in [1.82, 2.24) is 4.98 Å². The molecule has 3 aromatic carbocycles. The summed E-state index contributed by atoms with van der Waals surface area (Å²) in [6.07, 6.45) is 1.44. The van der Waals surface area contributed by atoms with Gasteiger partial charge in [0.25, 0.3) is 11.6 Å². The first-order valence-corrected chi connectivity index (χ1v) is 10.5. The Hall–Kier alpha value is -3.82. The van der Waals surface area contributed by atoms with E-state index in [1.165, 1.54) is 34.7 Å². The predicted octanol–water partition coefficient (Wildman–Crippen LogP) is 5.55. The quantitative estimate of drug-likeness (QED) is 0.211.